The molecular weight excluding hydrogens is 298 g/mol. The topological polar surface area (TPSA) is 86.0 Å². The van der Waals surface area contributed by atoms with Crippen molar-refractivity contribution in [3.05, 3.63) is 35.2 Å². The van der Waals surface area contributed by atoms with E-state index in [0.29, 0.717) is 29.9 Å². The Morgan fingerprint density at radius 3 is 2.85 bits per heavy atom. The van der Waals surface area contributed by atoms with E-state index in [1.54, 1.807) is 18.3 Å². The van der Waals surface area contributed by atoms with Gasteiger partial charge in [-0.2, -0.15) is 0 Å². The second-order valence-corrected chi connectivity index (χ2v) is 5.18. The van der Waals surface area contributed by atoms with Gasteiger partial charge in [-0.25, -0.2) is 20.8 Å². The van der Waals surface area contributed by atoms with E-state index in [1.165, 1.54) is 11.8 Å². The average molecular weight is 312 g/mol. The quantitative estimate of drug-likeness (QED) is 0.481. The van der Waals surface area contributed by atoms with Crippen molar-refractivity contribution in [2.45, 2.75) is 23.6 Å². The van der Waals surface area contributed by atoms with Crippen molar-refractivity contribution in [1.29, 1.82) is 0 Å². The van der Waals surface area contributed by atoms with Crippen molar-refractivity contribution in [2.24, 2.45) is 5.84 Å². The molecule has 2 heterocycles. The van der Waals surface area contributed by atoms with Crippen LogP contribution in [0.4, 0.5) is 5.82 Å². The summed E-state index contributed by atoms with van der Waals surface area (Å²) in [6.45, 7) is 2.86. The lowest BCUT2D eigenvalue weighted by molar-refractivity contribution is 0.128. The Morgan fingerprint density at radius 1 is 1.35 bits per heavy atom. The number of rotatable bonds is 6. The van der Waals surface area contributed by atoms with Crippen LogP contribution in [-0.4, -0.2) is 21.6 Å². The van der Waals surface area contributed by atoms with Crippen LogP contribution in [-0.2, 0) is 11.3 Å². The molecule has 20 heavy (non-hydrogen) atoms. The number of hydrogen-bond donors (Lipinski definition) is 2. The standard InChI is InChI=1S/C12H14ClN5OS/c1-2-19-7-10-16-9(18-14)5-12(17-10)20-11-4-3-8(13)6-15-11/h3-6H,2,7,14H2,1H3,(H,16,17,18). The molecule has 0 aliphatic heterocycles. The summed E-state index contributed by atoms with van der Waals surface area (Å²) in [5.41, 5.74) is 2.52. The van der Waals surface area contributed by atoms with E-state index < -0.39 is 0 Å². The summed E-state index contributed by atoms with van der Waals surface area (Å²) in [6.07, 6.45) is 1.59. The van der Waals surface area contributed by atoms with Gasteiger partial charge in [-0.1, -0.05) is 11.6 Å². The smallest absolute Gasteiger partial charge is 0.157 e. The first-order chi connectivity index (χ1) is 9.71. The predicted molar refractivity (Wildman–Crippen MR) is 78.5 cm³/mol. The van der Waals surface area contributed by atoms with Gasteiger partial charge in [0.1, 0.15) is 22.5 Å². The highest BCUT2D eigenvalue weighted by Gasteiger charge is 2.07. The highest BCUT2D eigenvalue weighted by Crippen LogP contribution is 2.26. The Morgan fingerprint density at radius 2 is 2.20 bits per heavy atom. The summed E-state index contributed by atoms with van der Waals surface area (Å²) in [6, 6.07) is 5.35. The molecule has 0 saturated carbocycles. The van der Waals surface area contributed by atoms with Gasteiger partial charge >= 0.3 is 0 Å². The van der Waals surface area contributed by atoms with Gasteiger partial charge < -0.3 is 10.2 Å². The number of nitrogens with one attached hydrogen (secondary N) is 1. The lowest BCUT2D eigenvalue weighted by Crippen LogP contribution is -2.11. The number of ether oxygens (including phenoxy) is 1. The van der Waals surface area contributed by atoms with Gasteiger partial charge in [0.05, 0.1) is 5.02 Å². The van der Waals surface area contributed by atoms with Gasteiger partial charge in [0, 0.05) is 18.9 Å². The fraction of sp³-hybridized carbons (Fsp3) is 0.250. The summed E-state index contributed by atoms with van der Waals surface area (Å²) >= 11 is 7.21. The van der Waals surface area contributed by atoms with Crippen molar-refractivity contribution in [3.8, 4) is 0 Å². The third-order valence-corrected chi connectivity index (χ3v) is 3.33. The molecule has 3 N–H and O–H groups in total. The number of pyridine rings is 1. The van der Waals surface area contributed by atoms with Crippen LogP contribution in [0.5, 0.6) is 0 Å². The van der Waals surface area contributed by atoms with Crippen molar-refractivity contribution in [2.75, 3.05) is 12.0 Å². The van der Waals surface area contributed by atoms with Crippen LogP contribution in [0.2, 0.25) is 5.02 Å². The molecule has 2 aromatic rings. The zero-order chi connectivity index (χ0) is 14.4. The van der Waals surface area contributed by atoms with Crippen molar-refractivity contribution >= 4 is 29.2 Å². The Kier molecular flexibility index (Phi) is 5.54. The van der Waals surface area contributed by atoms with Gasteiger partial charge in [-0.05, 0) is 30.8 Å². The number of hydrogen-bond acceptors (Lipinski definition) is 7. The highest BCUT2D eigenvalue weighted by molar-refractivity contribution is 7.99. The van der Waals surface area contributed by atoms with Gasteiger partial charge in [0.2, 0.25) is 0 Å². The number of nitrogens with zero attached hydrogens (tertiary/aromatic N) is 3. The second kappa shape index (κ2) is 7.39. The Hall–Kier alpha value is -1.41. The second-order valence-electron chi connectivity index (χ2n) is 3.71. The molecule has 0 amide bonds. The molecule has 106 valence electrons. The minimum atomic E-state index is 0.341. The van der Waals surface area contributed by atoms with Gasteiger partial charge in [0.15, 0.2) is 5.82 Å². The number of anilines is 1. The minimum absolute atomic E-state index is 0.341. The number of halogens is 1. The molecule has 0 spiro atoms. The maximum Gasteiger partial charge on any atom is 0.157 e. The normalized spacial score (nSPS) is 10.6. The molecule has 0 radical (unpaired) electrons. The van der Waals surface area contributed by atoms with E-state index >= 15 is 0 Å². The van der Waals surface area contributed by atoms with Crippen LogP contribution in [0.15, 0.2) is 34.4 Å². The minimum Gasteiger partial charge on any atom is -0.374 e. The summed E-state index contributed by atoms with van der Waals surface area (Å²) < 4.78 is 5.30. The van der Waals surface area contributed by atoms with E-state index in [2.05, 4.69) is 20.4 Å². The molecule has 0 unspecified atom stereocenters. The van der Waals surface area contributed by atoms with Crippen LogP contribution in [0.25, 0.3) is 0 Å². The van der Waals surface area contributed by atoms with Crippen molar-refractivity contribution in [3.63, 3.8) is 0 Å². The van der Waals surface area contributed by atoms with Crippen LogP contribution < -0.4 is 11.3 Å². The van der Waals surface area contributed by atoms with Crippen LogP contribution in [0.3, 0.4) is 0 Å². The first-order valence-electron chi connectivity index (χ1n) is 5.93. The van der Waals surface area contributed by atoms with E-state index in [1.807, 2.05) is 13.0 Å². The van der Waals surface area contributed by atoms with Gasteiger partial charge in [-0.15, -0.1) is 0 Å². The van der Waals surface area contributed by atoms with E-state index in [9.17, 15) is 0 Å². The van der Waals surface area contributed by atoms with Crippen LogP contribution >= 0.6 is 23.4 Å². The Labute approximate surface area is 126 Å². The molecule has 0 atom stereocenters. The third kappa shape index (κ3) is 4.31. The van der Waals surface area contributed by atoms with Gasteiger partial charge in [-0.3, -0.25) is 0 Å². The SMILES string of the molecule is CCOCc1nc(NN)cc(Sc2ccc(Cl)cn2)n1. The average Bonchev–Trinajstić information content (AvgIpc) is 2.47. The number of nitrogens with two attached hydrogens (primary N) is 1. The maximum absolute atomic E-state index is 5.80. The summed E-state index contributed by atoms with van der Waals surface area (Å²) in [7, 11) is 0. The molecule has 0 bridgehead atoms. The van der Waals surface area contributed by atoms with E-state index in [0.717, 1.165) is 10.1 Å². The van der Waals surface area contributed by atoms with Gasteiger partial charge in [0.25, 0.3) is 0 Å². The van der Waals surface area contributed by atoms with Crippen molar-refractivity contribution < 1.29 is 4.74 Å². The summed E-state index contributed by atoms with van der Waals surface area (Å²) in [5, 5.41) is 2.12. The fourth-order valence-corrected chi connectivity index (χ4v) is 2.28. The summed E-state index contributed by atoms with van der Waals surface area (Å²) in [4.78, 5) is 12.8. The first kappa shape index (κ1) is 15.0. The van der Waals surface area contributed by atoms with Crippen LogP contribution in [0, 0.1) is 0 Å². The molecular formula is C12H14ClN5OS. The Bertz CT molecular complexity index is 566. The fourth-order valence-electron chi connectivity index (χ4n) is 1.39. The Balaban J connectivity index is 2.19. The summed E-state index contributed by atoms with van der Waals surface area (Å²) in [5.74, 6) is 6.51. The lowest BCUT2D eigenvalue weighted by atomic mass is 10.5. The highest BCUT2D eigenvalue weighted by atomic mass is 35.5. The van der Waals surface area contributed by atoms with E-state index in [-0.39, 0.29) is 0 Å². The molecule has 6 nitrogen and oxygen atoms in total. The van der Waals surface area contributed by atoms with Crippen LogP contribution in [0.1, 0.15) is 12.7 Å². The molecule has 0 aliphatic rings. The molecule has 0 aliphatic carbocycles. The lowest BCUT2D eigenvalue weighted by Gasteiger charge is -2.07. The molecule has 2 rings (SSSR count). The zero-order valence-electron chi connectivity index (χ0n) is 10.8. The third-order valence-electron chi connectivity index (χ3n) is 2.24. The van der Waals surface area contributed by atoms with E-state index in [4.69, 9.17) is 22.2 Å². The zero-order valence-corrected chi connectivity index (χ0v) is 12.4. The maximum atomic E-state index is 5.80. The predicted octanol–water partition coefficient (Wildman–Crippen LogP) is 2.50. The molecule has 8 heteroatoms. The molecule has 0 aromatic carbocycles. The first-order valence-corrected chi connectivity index (χ1v) is 7.12. The monoisotopic (exact) mass is 311 g/mol. The number of hydrazine groups is 1. The molecule has 0 fully saturated rings. The number of aromatic nitrogens is 3. The van der Waals surface area contributed by atoms with Crippen molar-refractivity contribution in [1.82, 2.24) is 15.0 Å². The number of nitrogen functional groups attached to an aromatic ring is 1. The molecule has 0 saturated heterocycles. The largest absolute Gasteiger partial charge is 0.374 e. The molecule has 2 aromatic heterocycles.